The van der Waals surface area contributed by atoms with Gasteiger partial charge in [-0.25, -0.2) is 4.98 Å². The van der Waals surface area contributed by atoms with Gasteiger partial charge in [-0.2, -0.15) is 0 Å². The van der Waals surface area contributed by atoms with Crippen molar-refractivity contribution in [1.29, 1.82) is 0 Å². The SMILES string of the molecule is COc1cccc(CSc2ccc(Cl)cc2N)n1. The number of nitrogens with zero attached hydrogens (tertiary/aromatic N) is 1. The zero-order chi connectivity index (χ0) is 13.0. The Morgan fingerprint density at radius 1 is 1.33 bits per heavy atom. The van der Waals surface area contributed by atoms with Gasteiger partial charge in [0.2, 0.25) is 5.88 Å². The molecule has 0 amide bonds. The zero-order valence-corrected chi connectivity index (χ0v) is 11.5. The molecule has 1 heterocycles. The minimum atomic E-state index is 0.622. The third kappa shape index (κ3) is 3.31. The summed E-state index contributed by atoms with van der Waals surface area (Å²) in [7, 11) is 1.61. The molecule has 5 heteroatoms. The maximum atomic E-state index is 5.89. The number of halogens is 1. The van der Waals surface area contributed by atoms with E-state index < -0.39 is 0 Å². The summed E-state index contributed by atoms with van der Waals surface area (Å²) in [5.41, 5.74) is 7.53. The van der Waals surface area contributed by atoms with Crippen molar-refractivity contribution < 1.29 is 4.74 Å². The van der Waals surface area contributed by atoms with Crippen LogP contribution in [0.3, 0.4) is 0 Å². The van der Waals surface area contributed by atoms with Crippen molar-refractivity contribution in [2.45, 2.75) is 10.6 Å². The standard InChI is InChI=1S/C13H13ClN2OS/c1-17-13-4-2-3-10(16-13)8-18-12-6-5-9(14)7-11(12)15/h2-7H,8,15H2,1H3. The molecule has 0 bridgehead atoms. The Hall–Kier alpha value is -1.39. The summed E-state index contributed by atoms with van der Waals surface area (Å²) in [6.07, 6.45) is 0. The van der Waals surface area contributed by atoms with Gasteiger partial charge >= 0.3 is 0 Å². The van der Waals surface area contributed by atoms with Crippen LogP contribution in [-0.2, 0) is 5.75 Å². The molecule has 2 rings (SSSR count). The van der Waals surface area contributed by atoms with Crippen molar-refractivity contribution in [3.8, 4) is 5.88 Å². The van der Waals surface area contributed by atoms with Gasteiger partial charge in [-0.1, -0.05) is 17.7 Å². The lowest BCUT2D eigenvalue weighted by Crippen LogP contribution is -1.93. The van der Waals surface area contributed by atoms with Gasteiger partial charge in [-0.3, -0.25) is 0 Å². The van der Waals surface area contributed by atoms with Gasteiger partial charge in [0.25, 0.3) is 0 Å². The number of pyridine rings is 1. The highest BCUT2D eigenvalue weighted by atomic mass is 35.5. The molecule has 0 aliphatic heterocycles. The first-order valence-electron chi connectivity index (χ1n) is 5.37. The molecular weight excluding hydrogens is 268 g/mol. The number of anilines is 1. The third-order valence-electron chi connectivity index (χ3n) is 2.34. The highest BCUT2D eigenvalue weighted by Crippen LogP contribution is 2.29. The van der Waals surface area contributed by atoms with E-state index in [-0.39, 0.29) is 0 Å². The van der Waals surface area contributed by atoms with Gasteiger partial charge < -0.3 is 10.5 Å². The average Bonchev–Trinajstić information content (AvgIpc) is 2.38. The minimum absolute atomic E-state index is 0.622. The van der Waals surface area contributed by atoms with Crippen molar-refractivity contribution in [2.24, 2.45) is 0 Å². The first kappa shape index (κ1) is 13.1. The lowest BCUT2D eigenvalue weighted by molar-refractivity contribution is 0.397. The van der Waals surface area contributed by atoms with Gasteiger partial charge in [0.15, 0.2) is 0 Å². The van der Waals surface area contributed by atoms with Crippen LogP contribution in [-0.4, -0.2) is 12.1 Å². The molecule has 0 fully saturated rings. The maximum absolute atomic E-state index is 5.89. The van der Waals surface area contributed by atoms with E-state index in [1.54, 1.807) is 24.9 Å². The number of rotatable bonds is 4. The van der Waals surface area contributed by atoms with Gasteiger partial charge in [0.05, 0.1) is 12.8 Å². The second kappa shape index (κ2) is 5.98. The van der Waals surface area contributed by atoms with E-state index in [4.69, 9.17) is 22.1 Å². The fourth-order valence-corrected chi connectivity index (χ4v) is 2.49. The molecule has 0 aliphatic carbocycles. The molecule has 0 unspecified atom stereocenters. The van der Waals surface area contributed by atoms with Gasteiger partial charge in [-0.15, -0.1) is 11.8 Å². The summed E-state index contributed by atoms with van der Waals surface area (Å²) in [5.74, 6) is 1.36. The molecular formula is C13H13ClN2OS. The van der Waals surface area contributed by atoms with E-state index in [9.17, 15) is 0 Å². The number of nitrogen functional groups attached to an aromatic ring is 1. The summed E-state index contributed by atoms with van der Waals surface area (Å²) in [6, 6.07) is 11.2. The number of thioether (sulfide) groups is 1. The van der Waals surface area contributed by atoms with Crippen LogP contribution in [0.15, 0.2) is 41.3 Å². The smallest absolute Gasteiger partial charge is 0.213 e. The molecule has 0 atom stereocenters. The fourth-order valence-electron chi connectivity index (χ4n) is 1.45. The largest absolute Gasteiger partial charge is 0.481 e. The maximum Gasteiger partial charge on any atom is 0.213 e. The lowest BCUT2D eigenvalue weighted by Gasteiger charge is -2.06. The van der Waals surface area contributed by atoms with Gasteiger partial charge in [-0.05, 0) is 24.3 Å². The van der Waals surface area contributed by atoms with Crippen LogP contribution in [0.5, 0.6) is 5.88 Å². The van der Waals surface area contributed by atoms with Crippen molar-refractivity contribution in [1.82, 2.24) is 4.98 Å². The number of benzene rings is 1. The molecule has 0 saturated heterocycles. The molecule has 1 aromatic heterocycles. The number of aromatic nitrogens is 1. The van der Waals surface area contributed by atoms with E-state index in [2.05, 4.69) is 4.98 Å². The van der Waals surface area contributed by atoms with E-state index in [1.807, 2.05) is 30.3 Å². The lowest BCUT2D eigenvalue weighted by atomic mass is 10.3. The van der Waals surface area contributed by atoms with Crippen LogP contribution in [0.4, 0.5) is 5.69 Å². The summed E-state index contributed by atoms with van der Waals surface area (Å²) < 4.78 is 5.08. The van der Waals surface area contributed by atoms with E-state index in [0.717, 1.165) is 16.3 Å². The van der Waals surface area contributed by atoms with E-state index in [0.29, 0.717) is 16.6 Å². The molecule has 0 radical (unpaired) electrons. The van der Waals surface area contributed by atoms with Crippen molar-refractivity contribution >= 4 is 29.1 Å². The van der Waals surface area contributed by atoms with Crippen LogP contribution in [0, 0.1) is 0 Å². The highest BCUT2D eigenvalue weighted by Gasteiger charge is 2.03. The van der Waals surface area contributed by atoms with Crippen LogP contribution in [0.25, 0.3) is 0 Å². The minimum Gasteiger partial charge on any atom is -0.481 e. The summed E-state index contributed by atoms with van der Waals surface area (Å²) in [5, 5.41) is 0.649. The number of methoxy groups -OCH3 is 1. The second-order valence-electron chi connectivity index (χ2n) is 3.64. The van der Waals surface area contributed by atoms with E-state index >= 15 is 0 Å². The molecule has 0 aliphatic rings. The van der Waals surface area contributed by atoms with Crippen molar-refractivity contribution in [3.05, 3.63) is 47.1 Å². The molecule has 2 N–H and O–H groups in total. The van der Waals surface area contributed by atoms with E-state index in [1.165, 1.54) is 0 Å². The Morgan fingerprint density at radius 2 is 2.17 bits per heavy atom. The summed E-state index contributed by atoms with van der Waals surface area (Å²) >= 11 is 7.48. The van der Waals surface area contributed by atoms with Crippen LogP contribution in [0.2, 0.25) is 5.02 Å². The molecule has 0 saturated carbocycles. The summed E-state index contributed by atoms with van der Waals surface area (Å²) in [4.78, 5) is 5.35. The Kier molecular flexibility index (Phi) is 4.33. The molecule has 1 aromatic carbocycles. The number of hydrogen-bond acceptors (Lipinski definition) is 4. The zero-order valence-electron chi connectivity index (χ0n) is 9.89. The normalized spacial score (nSPS) is 10.3. The molecule has 3 nitrogen and oxygen atoms in total. The van der Waals surface area contributed by atoms with Crippen LogP contribution < -0.4 is 10.5 Å². The predicted octanol–water partition coefficient (Wildman–Crippen LogP) is 3.62. The Balaban J connectivity index is 2.06. The van der Waals surface area contributed by atoms with Gasteiger partial charge in [0.1, 0.15) is 0 Å². The van der Waals surface area contributed by atoms with Crippen LogP contribution >= 0.6 is 23.4 Å². The number of ether oxygens (including phenoxy) is 1. The predicted molar refractivity (Wildman–Crippen MR) is 76.2 cm³/mol. The Labute approximate surface area is 115 Å². The average molecular weight is 281 g/mol. The number of nitrogens with two attached hydrogens (primary N) is 1. The quantitative estimate of drug-likeness (QED) is 0.686. The first-order valence-corrected chi connectivity index (χ1v) is 6.73. The number of hydrogen-bond donors (Lipinski definition) is 1. The Morgan fingerprint density at radius 3 is 2.89 bits per heavy atom. The Bertz CT molecular complexity index is 548. The second-order valence-corrected chi connectivity index (χ2v) is 5.10. The van der Waals surface area contributed by atoms with Crippen LogP contribution in [0.1, 0.15) is 5.69 Å². The molecule has 0 spiro atoms. The third-order valence-corrected chi connectivity index (χ3v) is 3.70. The molecule has 18 heavy (non-hydrogen) atoms. The first-order chi connectivity index (χ1) is 8.69. The highest BCUT2D eigenvalue weighted by molar-refractivity contribution is 7.98. The monoisotopic (exact) mass is 280 g/mol. The molecule has 94 valence electrons. The van der Waals surface area contributed by atoms with Crippen molar-refractivity contribution in [3.63, 3.8) is 0 Å². The fraction of sp³-hybridized carbons (Fsp3) is 0.154. The van der Waals surface area contributed by atoms with Crippen molar-refractivity contribution in [2.75, 3.05) is 12.8 Å². The summed E-state index contributed by atoms with van der Waals surface area (Å²) in [6.45, 7) is 0. The van der Waals surface area contributed by atoms with Gasteiger partial charge in [0, 0.05) is 27.4 Å². The molecule has 2 aromatic rings. The topological polar surface area (TPSA) is 48.1 Å².